The summed E-state index contributed by atoms with van der Waals surface area (Å²) in [4.78, 5) is 16.1. The number of carbonyl (C=O) groups is 1. The monoisotopic (exact) mass is 368 g/mol. The van der Waals surface area contributed by atoms with Crippen molar-refractivity contribution in [1.82, 2.24) is 10.3 Å². The minimum Gasteiger partial charge on any atom is -0.496 e. The van der Waals surface area contributed by atoms with Crippen LogP contribution < -0.4 is 10.1 Å². The van der Waals surface area contributed by atoms with Gasteiger partial charge in [0.25, 0.3) is 5.91 Å². The maximum absolute atomic E-state index is 12.1. The molecular formula is C15H14BrClN2O2. The molecule has 21 heavy (non-hydrogen) atoms. The molecule has 4 nitrogen and oxygen atoms in total. The van der Waals surface area contributed by atoms with E-state index in [2.05, 4.69) is 26.2 Å². The molecule has 0 spiro atoms. The van der Waals surface area contributed by atoms with E-state index in [1.807, 2.05) is 25.1 Å². The minimum atomic E-state index is -0.267. The van der Waals surface area contributed by atoms with E-state index in [0.717, 1.165) is 15.8 Å². The summed E-state index contributed by atoms with van der Waals surface area (Å²) >= 11 is 9.21. The van der Waals surface area contributed by atoms with Gasteiger partial charge in [-0.05, 0) is 52.7 Å². The molecule has 0 fully saturated rings. The average molecular weight is 370 g/mol. The van der Waals surface area contributed by atoms with E-state index < -0.39 is 0 Å². The quantitative estimate of drug-likeness (QED) is 0.829. The average Bonchev–Trinajstić information content (AvgIpc) is 2.47. The van der Waals surface area contributed by atoms with Crippen molar-refractivity contribution in [3.63, 3.8) is 0 Å². The molecule has 2 rings (SSSR count). The molecule has 110 valence electrons. The zero-order chi connectivity index (χ0) is 15.4. The molecule has 2 aromatic rings. The Morgan fingerprint density at radius 3 is 2.76 bits per heavy atom. The fourth-order valence-corrected chi connectivity index (χ4v) is 2.56. The number of amides is 1. The molecule has 0 aliphatic carbocycles. The van der Waals surface area contributed by atoms with Crippen LogP contribution in [0.15, 0.2) is 40.9 Å². The number of hydrogen-bond acceptors (Lipinski definition) is 3. The molecule has 0 aliphatic rings. The first kappa shape index (κ1) is 15.8. The fraction of sp³-hybridized carbons (Fsp3) is 0.200. The zero-order valence-electron chi connectivity index (χ0n) is 11.6. The smallest absolute Gasteiger partial charge is 0.270 e. The Morgan fingerprint density at radius 1 is 1.38 bits per heavy atom. The van der Waals surface area contributed by atoms with Gasteiger partial charge in [0.2, 0.25) is 0 Å². The highest BCUT2D eigenvalue weighted by Crippen LogP contribution is 2.28. The lowest BCUT2D eigenvalue weighted by molar-refractivity contribution is 0.0935. The maximum Gasteiger partial charge on any atom is 0.270 e. The Labute approximate surface area is 136 Å². The molecule has 1 aromatic heterocycles. The van der Waals surface area contributed by atoms with Crippen molar-refractivity contribution in [2.75, 3.05) is 7.11 Å². The van der Waals surface area contributed by atoms with Crippen LogP contribution in [-0.2, 0) is 0 Å². The number of pyridine rings is 1. The van der Waals surface area contributed by atoms with E-state index in [9.17, 15) is 4.79 Å². The van der Waals surface area contributed by atoms with E-state index in [-0.39, 0.29) is 11.9 Å². The second-order valence-corrected chi connectivity index (χ2v) is 5.68. The molecule has 1 amide bonds. The van der Waals surface area contributed by atoms with E-state index in [0.29, 0.717) is 10.8 Å². The Balaban J connectivity index is 2.12. The summed E-state index contributed by atoms with van der Waals surface area (Å²) < 4.78 is 6.02. The van der Waals surface area contributed by atoms with E-state index in [1.54, 1.807) is 25.3 Å². The zero-order valence-corrected chi connectivity index (χ0v) is 13.9. The van der Waals surface area contributed by atoms with Gasteiger partial charge in [0, 0.05) is 0 Å². The molecule has 1 aromatic carbocycles. The SMILES string of the molecule is COc1ccc(C(C)NC(=O)c2cccc(Cl)n2)cc1Br. The number of halogens is 2. The molecule has 6 heteroatoms. The van der Waals surface area contributed by atoms with E-state index >= 15 is 0 Å². The van der Waals surface area contributed by atoms with Gasteiger partial charge in [0.1, 0.15) is 16.6 Å². The van der Waals surface area contributed by atoms with Crippen LogP contribution in [-0.4, -0.2) is 18.0 Å². The van der Waals surface area contributed by atoms with Crippen molar-refractivity contribution in [2.24, 2.45) is 0 Å². The number of ether oxygens (including phenoxy) is 1. The van der Waals surface area contributed by atoms with Gasteiger partial charge in [-0.25, -0.2) is 4.98 Å². The topological polar surface area (TPSA) is 51.2 Å². The van der Waals surface area contributed by atoms with E-state index in [4.69, 9.17) is 16.3 Å². The summed E-state index contributed by atoms with van der Waals surface area (Å²) in [5.74, 6) is 0.478. The lowest BCUT2D eigenvalue weighted by Crippen LogP contribution is -2.27. The highest BCUT2D eigenvalue weighted by atomic mass is 79.9. The van der Waals surface area contributed by atoms with Crippen molar-refractivity contribution in [3.05, 3.63) is 57.3 Å². The summed E-state index contributed by atoms with van der Waals surface area (Å²) in [7, 11) is 1.61. The second kappa shape index (κ2) is 6.91. The fourth-order valence-electron chi connectivity index (χ4n) is 1.84. The summed E-state index contributed by atoms with van der Waals surface area (Å²) in [5.41, 5.74) is 1.25. The van der Waals surface area contributed by atoms with Crippen molar-refractivity contribution >= 4 is 33.4 Å². The van der Waals surface area contributed by atoms with Gasteiger partial charge < -0.3 is 10.1 Å². The van der Waals surface area contributed by atoms with Gasteiger partial charge in [-0.1, -0.05) is 23.7 Å². The molecule has 1 atom stereocenters. The second-order valence-electron chi connectivity index (χ2n) is 4.43. The first-order valence-electron chi connectivity index (χ1n) is 6.28. The third-order valence-electron chi connectivity index (χ3n) is 2.97. The molecule has 0 radical (unpaired) electrons. The van der Waals surface area contributed by atoms with Crippen LogP contribution in [0.1, 0.15) is 29.0 Å². The molecular weight excluding hydrogens is 356 g/mol. The van der Waals surface area contributed by atoms with Crippen molar-refractivity contribution in [1.29, 1.82) is 0 Å². The summed E-state index contributed by atoms with van der Waals surface area (Å²) in [6.07, 6.45) is 0. The van der Waals surface area contributed by atoms with Crippen LogP contribution in [0.25, 0.3) is 0 Å². The van der Waals surface area contributed by atoms with Crippen molar-refractivity contribution in [3.8, 4) is 5.75 Å². The standard InChI is InChI=1S/C15H14BrClN2O2/c1-9(10-6-7-13(21-2)11(16)8-10)18-15(20)12-4-3-5-14(17)19-12/h3-9H,1-2H3,(H,18,20). The third kappa shape index (κ3) is 3.95. The molecule has 1 heterocycles. The van der Waals surface area contributed by atoms with Crippen LogP contribution >= 0.6 is 27.5 Å². The van der Waals surface area contributed by atoms with Crippen LogP contribution in [0.5, 0.6) is 5.75 Å². The highest BCUT2D eigenvalue weighted by molar-refractivity contribution is 9.10. The Hall–Kier alpha value is -1.59. The van der Waals surface area contributed by atoms with Gasteiger partial charge in [0.15, 0.2) is 0 Å². The molecule has 1 unspecified atom stereocenters. The number of aromatic nitrogens is 1. The third-order valence-corrected chi connectivity index (χ3v) is 3.80. The van der Waals surface area contributed by atoms with Gasteiger partial charge >= 0.3 is 0 Å². The Bertz CT molecular complexity index is 664. The number of hydrogen-bond donors (Lipinski definition) is 1. The van der Waals surface area contributed by atoms with E-state index in [1.165, 1.54) is 0 Å². The normalized spacial score (nSPS) is 11.8. The predicted octanol–water partition coefficient (Wildman–Crippen LogP) is 4.00. The first-order chi connectivity index (χ1) is 10.0. The van der Waals surface area contributed by atoms with Crippen molar-refractivity contribution < 1.29 is 9.53 Å². The van der Waals surface area contributed by atoms with Crippen LogP contribution in [0.3, 0.4) is 0 Å². The van der Waals surface area contributed by atoms with Gasteiger partial charge in [-0.2, -0.15) is 0 Å². The van der Waals surface area contributed by atoms with Gasteiger partial charge in [-0.3, -0.25) is 4.79 Å². The number of methoxy groups -OCH3 is 1. The summed E-state index contributed by atoms with van der Waals surface area (Å²) in [6.45, 7) is 1.90. The lowest BCUT2D eigenvalue weighted by Gasteiger charge is -2.15. The number of nitrogens with one attached hydrogen (secondary N) is 1. The lowest BCUT2D eigenvalue weighted by atomic mass is 10.1. The summed E-state index contributed by atoms with van der Waals surface area (Å²) in [6, 6.07) is 10.4. The van der Waals surface area contributed by atoms with Crippen molar-refractivity contribution in [2.45, 2.75) is 13.0 Å². The number of nitrogens with zero attached hydrogens (tertiary/aromatic N) is 1. The molecule has 0 saturated carbocycles. The summed E-state index contributed by atoms with van der Waals surface area (Å²) in [5, 5.41) is 3.18. The first-order valence-corrected chi connectivity index (χ1v) is 7.45. The number of benzene rings is 1. The molecule has 0 aliphatic heterocycles. The Morgan fingerprint density at radius 2 is 2.14 bits per heavy atom. The predicted molar refractivity (Wildman–Crippen MR) is 85.8 cm³/mol. The maximum atomic E-state index is 12.1. The number of rotatable bonds is 4. The van der Waals surface area contributed by atoms with Crippen LogP contribution in [0.4, 0.5) is 0 Å². The number of carbonyl (C=O) groups excluding carboxylic acids is 1. The van der Waals surface area contributed by atoms with Crippen LogP contribution in [0.2, 0.25) is 5.15 Å². The van der Waals surface area contributed by atoms with Crippen LogP contribution in [0, 0.1) is 0 Å². The Kier molecular flexibility index (Phi) is 5.20. The minimum absolute atomic E-state index is 0.166. The molecule has 0 saturated heterocycles. The highest BCUT2D eigenvalue weighted by Gasteiger charge is 2.14. The van der Waals surface area contributed by atoms with Gasteiger partial charge in [0.05, 0.1) is 17.6 Å². The molecule has 0 bridgehead atoms. The van der Waals surface area contributed by atoms with Gasteiger partial charge in [-0.15, -0.1) is 0 Å². The molecule has 1 N–H and O–H groups in total. The largest absolute Gasteiger partial charge is 0.496 e.